The van der Waals surface area contributed by atoms with Gasteiger partial charge in [-0.1, -0.05) is 12.1 Å². The van der Waals surface area contributed by atoms with Crippen molar-refractivity contribution in [1.29, 1.82) is 0 Å². The highest BCUT2D eigenvalue weighted by Crippen LogP contribution is 2.24. The number of thiophene rings is 1. The van der Waals surface area contributed by atoms with Gasteiger partial charge in [0.1, 0.15) is 4.88 Å². The van der Waals surface area contributed by atoms with E-state index in [0.717, 1.165) is 21.4 Å². The molecule has 0 radical (unpaired) electrons. The number of carbonyl (C=O) groups excluding carboxylic acids is 1. The number of carbonyl (C=O) groups is 1. The maximum Gasteiger partial charge on any atom is 0.266 e. The maximum absolute atomic E-state index is 12.1. The Labute approximate surface area is 128 Å². The van der Waals surface area contributed by atoms with Gasteiger partial charge in [-0.05, 0) is 45.1 Å². The first-order valence-corrected chi connectivity index (χ1v) is 7.54. The van der Waals surface area contributed by atoms with Crippen molar-refractivity contribution in [1.82, 2.24) is 9.97 Å². The summed E-state index contributed by atoms with van der Waals surface area (Å²) in [7, 11) is 0. The number of rotatable bonds is 3. The molecule has 3 aromatic rings. The minimum absolute atomic E-state index is 0.110. The lowest BCUT2D eigenvalue weighted by Crippen LogP contribution is -2.10. The fraction of sp³-hybridized carbons (Fsp3) is 0. The van der Waals surface area contributed by atoms with Crippen LogP contribution in [0.3, 0.4) is 0 Å². The summed E-state index contributed by atoms with van der Waals surface area (Å²) in [6.45, 7) is 0. The fourth-order valence-corrected chi connectivity index (χ4v) is 3.24. The molecule has 2 aromatic heterocycles. The Kier molecular flexibility index (Phi) is 3.66. The summed E-state index contributed by atoms with van der Waals surface area (Å²) in [5.41, 5.74) is 2.74. The molecule has 100 valence electrons. The molecule has 0 unspecified atom stereocenters. The molecule has 2 heterocycles. The van der Waals surface area contributed by atoms with E-state index in [2.05, 4.69) is 31.2 Å². The van der Waals surface area contributed by atoms with Crippen molar-refractivity contribution >= 4 is 38.9 Å². The number of nitrogens with one attached hydrogen (secondary N) is 2. The molecule has 3 rings (SSSR count). The molecule has 0 atom stereocenters. The van der Waals surface area contributed by atoms with Crippen molar-refractivity contribution in [3.8, 4) is 11.3 Å². The number of H-pyrrole nitrogens is 1. The normalized spacial score (nSPS) is 10.4. The summed E-state index contributed by atoms with van der Waals surface area (Å²) in [5.74, 6) is -0.110. The van der Waals surface area contributed by atoms with Gasteiger partial charge in [0.2, 0.25) is 0 Å². The lowest BCUT2D eigenvalue weighted by molar-refractivity contribution is 0.103. The first-order chi connectivity index (χ1) is 9.74. The lowest BCUT2D eigenvalue weighted by atomic mass is 10.1. The number of benzene rings is 1. The average molecular weight is 348 g/mol. The standard InChI is InChI=1S/C14H10BrN3OS/c15-11-5-6-20-13(11)14(19)18-10-3-1-9(2-4-10)12-7-16-8-17-12/h1-8H,(H,16,17)(H,18,19). The topological polar surface area (TPSA) is 57.8 Å². The summed E-state index contributed by atoms with van der Waals surface area (Å²) in [5, 5.41) is 4.75. The van der Waals surface area contributed by atoms with Crippen LogP contribution in [-0.4, -0.2) is 15.9 Å². The molecule has 0 bridgehead atoms. The number of aromatic nitrogens is 2. The van der Waals surface area contributed by atoms with Crippen molar-refractivity contribution in [2.75, 3.05) is 5.32 Å². The third-order valence-electron chi connectivity index (χ3n) is 2.78. The van der Waals surface area contributed by atoms with E-state index >= 15 is 0 Å². The van der Waals surface area contributed by atoms with Crippen LogP contribution in [0.15, 0.2) is 52.7 Å². The highest BCUT2D eigenvalue weighted by atomic mass is 79.9. The smallest absolute Gasteiger partial charge is 0.266 e. The second kappa shape index (κ2) is 5.60. The Bertz CT molecular complexity index is 719. The molecular formula is C14H10BrN3OS. The number of nitrogens with zero attached hydrogens (tertiary/aromatic N) is 1. The van der Waals surface area contributed by atoms with Gasteiger partial charge in [0.25, 0.3) is 5.91 Å². The van der Waals surface area contributed by atoms with Crippen LogP contribution in [0.1, 0.15) is 9.67 Å². The summed E-state index contributed by atoms with van der Waals surface area (Å²) < 4.78 is 0.814. The maximum atomic E-state index is 12.1. The molecule has 0 fully saturated rings. The second-order valence-electron chi connectivity index (χ2n) is 4.09. The first kappa shape index (κ1) is 13.1. The minimum atomic E-state index is -0.110. The van der Waals surface area contributed by atoms with Gasteiger partial charge < -0.3 is 10.3 Å². The number of hydrogen-bond acceptors (Lipinski definition) is 3. The van der Waals surface area contributed by atoms with E-state index in [0.29, 0.717) is 4.88 Å². The van der Waals surface area contributed by atoms with Gasteiger partial charge in [-0.3, -0.25) is 4.79 Å². The van der Waals surface area contributed by atoms with Crippen LogP contribution in [0.2, 0.25) is 0 Å². The Hall–Kier alpha value is -1.92. The third-order valence-corrected chi connectivity index (χ3v) is 4.61. The molecule has 4 nitrogen and oxygen atoms in total. The van der Waals surface area contributed by atoms with Gasteiger partial charge in [-0.2, -0.15) is 0 Å². The van der Waals surface area contributed by atoms with Gasteiger partial charge in [0, 0.05) is 10.2 Å². The number of halogens is 1. The Morgan fingerprint density at radius 2 is 2.05 bits per heavy atom. The predicted octanol–water partition coefficient (Wildman–Crippen LogP) is 4.15. The van der Waals surface area contributed by atoms with Crippen molar-refractivity contribution in [2.45, 2.75) is 0 Å². The summed E-state index contributed by atoms with van der Waals surface area (Å²) in [4.78, 5) is 19.8. The van der Waals surface area contributed by atoms with Crippen LogP contribution in [0, 0.1) is 0 Å². The van der Waals surface area contributed by atoms with Crippen LogP contribution in [0.25, 0.3) is 11.3 Å². The van der Waals surface area contributed by atoms with Gasteiger partial charge >= 0.3 is 0 Å². The highest BCUT2D eigenvalue weighted by molar-refractivity contribution is 9.10. The zero-order chi connectivity index (χ0) is 13.9. The van der Waals surface area contributed by atoms with Gasteiger partial charge in [-0.25, -0.2) is 4.98 Å². The quantitative estimate of drug-likeness (QED) is 0.747. The van der Waals surface area contributed by atoms with E-state index in [4.69, 9.17) is 0 Å². The molecule has 0 saturated heterocycles. The predicted molar refractivity (Wildman–Crippen MR) is 84.0 cm³/mol. The lowest BCUT2D eigenvalue weighted by Gasteiger charge is -2.05. The van der Waals surface area contributed by atoms with E-state index in [-0.39, 0.29) is 5.91 Å². The van der Waals surface area contributed by atoms with E-state index in [9.17, 15) is 4.79 Å². The number of aromatic amines is 1. The summed E-state index contributed by atoms with van der Waals surface area (Å²) in [6, 6.07) is 9.48. The summed E-state index contributed by atoms with van der Waals surface area (Å²) >= 11 is 4.76. The van der Waals surface area contributed by atoms with Crippen molar-refractivity contribution < 1.29 is 4.79 Å². The molecule has 0 saturated carbocycles. The molecule has 0 aliphatic carbocycles. The Morgan fingerprint density at radius 1 is 1.25 bits per heavy atom. The molecule has 1 aromatic carbocycles. The highest BCUT2D eigenvalue weighted by Gasteiger charge is 2.11. The number of anilines is 1. The number of amides is 1. The molecule has 0 aliphatic heterocycles. The molecule has 1 amide bonds. The van der Waals surface area contributed by atoms with Crippen molar-refractivity contribution in [2.24, 2.45) is 0 Å². The number of hydrogen-bond donors (Lipinski definition) is 2. The fourth-order valence-electron chi connectivity index (χ4n) is 1.79. The van der Waals surface area contributed by atoms with E-state index in [1.807, 2.05) is 35.7 Å². The number of imidazole rings is 1. The van der Waals surface area contributed by atoms with E-state index in [1.165, 1.54) is 11.3 Å². The van der Waals surface area contributed by atoms with Crippen LogP contribution in [0.4, 0.5) is 5.69 Å². The van der Waals surface area contributed by atoms with E-state index < -0.39 is 0 Å². The molecule has 0 aliphatic rings. The zero-order valence-electron chi connectivity index (χ0n) is 10.3. The van der Waals surface area contributed by atoms with Crippen molar-refractivity contribution in [3.05, 3.63) is 57.6 Å². The summed E-state index contributed by atoms with van der Waals surface area (Å²) in [6.07, 6.45) is 3.40. The van der Waals surface area contributed by atoms with E-state index in [1.54, 1.807) is 12.5 Å². The Balaban J connectivity index is 1.76. The van der Waals surface area contributed by atoms with Crippen LogP contribution >= 0.6 is 27.3 Å². The average Bonchev–Trinajstić information content (AvgIpc) is 3.10. The van der Waals surface area contributed by atoms with Crippen LogP contribution < -0.4 is 5.32 Å². The largest absolute Gasteiger partial charge is 0.345 e. The van der Waals surface area contributed by atoms with Crippen LogP contribution in [-0.2, 0) is 0 Å². The molecular weight excluding hydrogens is 338 g/mol. The molecule has 6 heteroatoms. The van der Waals surface area contributed by atoms with Crippen molar-refractivity contribution in [3.63, 3.8) is 0 Å². The van der Waals surface area contributed by atoms with Gasteiger partial charge in [-0.15, -0.1) is 11.3 Å². The monoisotopic (exact) mass is 347 g/mol. The second-order valence-corrected chi connectivity index (χ2v) is 5.86. The Morgan fingerprint density at radius 3 is 2.65 bits per heavy atom. The SMILES string of the molecule is O=C(Nc1ccc(-c2cnc[nH]2)cc1)c1sccc1Br. The molecule has 0 spiro atoms. The first-order valence-electron chi connectivity index (χ1n) is 5.87. The van der Waals surface area contributed by atoms with Gasteiger partial charge in [0.15, 0.2) is 0 Å². The molecule has 2 N–H and O–H groups in total. The molecule has 20 heavy (non-hydrogen) atoms. The zero-order valence-corrected chi connectivity index (χ0v) is 12.7. The minimum Gasteiger partial charge on any atom is -0.345 e. The van der Waals surface area contributed by atoms with Gasteiger partial charge in [0.05, 0.1) is 18.2 Å². The third kappa shape index (κ3) is 2.66. The van der Waals surface area contributed by atoms with Crippen LogP contribution in [0.5, 0.6) is 0 Å².